The topological polar surface area (TPSA) is 66.8 Å². The van der Waals surface area contributed by atoms with Crippen LogP contribution in [0, 0.1) is 6.92 Å². The fourth-order valence-electron chi connectivity index (χ4n) is 1.46. The average molecular weight is 230 g/mol. The molecule has 84 valence electrons. The smallest absolute Gasteiger partial charge is 0.404 e. The predicted molar refractivity (Wildman–Crippen MR) is 57.8 cm³/mol. The standard InChI is InChI=1S/C10H15O4P/c1-3-5-9-8(2)6-4-7-10(9)14-15(11,12)13/h4,6-7H,3,5H2,1-2H3,(H2,11,12,13). The largest absolute Gasteiger partial charge is 0.524 e. The Morgan fingerprint density at radius 1 is 1.40 bits per heavy atom. The van der Waals surface area contributed by atoms with E-state index in [1.165, 1.54) is 0 Å². The monoisotopic (exact) mass is 230 g/mol. The first-order valence-corrected chi connectivity index (χ1v) is 6.30. The molecule has 0 saturated heterocycles. The maximum atomic E-state index is 10.7. The van der Waals surface area contributed by atoms with E-state index < -0.39 is 7.82 Å². The lowest BCUT2D eigenvalue weighted by atomic mass is 10.0. The zero-order valence-corrected chi connectivity index (χ0v) is 9.70. The molecular weight excluding hydrogens is 215 g/mol. The number of phosphoric ester groups is 1. The van der Waals surface area contributed by atoms with Gasteiger partial charge in [-0.05, 0) is 30.5 Å². The molecule has 0 radical (unpaired) electrons. The third kappa shape index (κ3) is 3.67. The third-order valence-electron chi connectivity index (χ3n) is 2.08. The summed E-state index contributed by atoms with van der Waals surface area (Å²) in [6.07, 6.45) is 1.66. The molecule has 0 aliphatic rings. The van der Waals surface area contributed by atoms with Crippen LogP contribution in [0.15, 0.2) is 18.2 Å². The van der Waals surface area contributed by atoms with Crippen LogP contribution < -0.4 is 4.52 Å². The van der Waals surface area contributed by atoms with E-state index in [2.05, 4.69) is 4.52 Å². The minimum Gasteiger partial charge on any atom is -0.404 e. The van der Waals surface area contributed by atoms with Crippen LogP contribution in [0.4, 0.5) is 0 Å². The highest BCUT2D eigenvalue weighted by Crippen LogP contribution is 2.39. The number of benzene rings is 1. The maximum Gasteiger partial charge on any atom is 0.524 e. The summed E-state index contributed by atoms with van der Waals surface area (Å²) in [6.45, 7) is 3.91. The molecule has 0 atom stereocenters. The second-order valence-corrected chi connectivity index (χ2v) is 4.55. The molecule has 0 bridgehead atoms. The SMILES string of the molecule is CCCc1c(C)cccc1OP(=O)(O)O. The van der Waals surface area contributed by atoms with Gasteiger partial charge in [0, 0.05) is 0 Å². The average Bonchev–Trinajstić information content (AvgIpc) is 2.08. The van der Waals surface area contributed by atoms with Gasteiger partial charge in [0.25, 0.3) is 0 Å². The molecule has 0 aromatic heterocycles. The van der Waals surface area contributed by atoms with Crippen molar-refractivity contribution in [3.05, 3.63) is 29.3 Å². The molecule has 0 amide bonds. The van der Waals surface area contributed by atoms with Gasteiger partial charge >= 0.3 is 7.82 Å². The van der Waals surface area contributed by atoms with Crippen molar-refractivity contribution in [1.82, 2.24) is 0 Å². The molecule has 0 fully saturated rings. The van der Waals surface area contributed by atoms with E-state index in [-0.39, 0.29) is 5.75 Å². The summed E-state index contributed by atoms with van der Waals surface area (Å²) >= 11 is 0. The maximum absolute atomic E-state index is 10.7. The summed E-state index contributed by atoms with van der Waals surface area (Å²) in [5.41, 5.74) is 1.85. The minimum absolute atomic E-state index is 0.283. The Bertz CT molecular complexity index is 383. The van der Waals surface area contributed by atoms with Crippen LogP contribution in [0.1, 0.15) is 24.5 Å². The molecule has 5 heteroatoms. The highest BCUT2D eigenvalue weighted by molar-refractivity contribution is 7.46. The molecule has 0 saturated carbocycles. The first-order valence-electron chi connectivity index (χ1n) is 4.77. The molecule has 1 rings (SSSR count). The fraction of sp³-hybridized carbons (Fsp3) is 0.400. The summed E-state index contributed by atoms with van der Waals surface area (Å²) in [4.78, 5) is 17.5. The van der Waals surface area contributed by atoms with Gasteiger partial charge in [-0.1, -0.05) is 25.5 Å². The van der Waals surface area contributed by atoms with E-state index in [4.69, 9.17) is 9.79 Å². The van der Waals surface area contributed by atoms with E-state index in [0.717, 1.165) is 24.0 Å². The van der Waals surface area contributed by atoms with Gasteiger partial charge in [-0.3, -0.25) is 9.79 Å². The van der Waals surface area contributed by atoms with E-state index in [9.17, 15) is 4.57 Å². The Morgan fingerprint density at radius 2 is 2.07 bits per heavy atom. The van der Waals surface area contributed by atoms with Crippen molar-refractivity contribution in [2.75, 3.05) is 0 Å². The van der Waals surface area contributed by atoms with Crippen molar-refractivity contribution in [1.29, 1.82) is 0 Å². The summed E-state index contributed by atoms with van der Waals surface area (Å²) in [5, 5.41) is 0. The van der Waals surface area contributed by atoms with Crippen molar-refractivity contribution < 1.29 is 18.9 Å². The van der Waals surface area contributed by atoms with Gasteiger partial charge < -0.3 is 4.52 Å². The van der Waals surface area contributed by atoms with Crippen molar-refractivity contribution in [2.45, 2.75) is 26.7 Å². The lowest BCUT2D eigenvalue weighted by Crippen LogP contribution is -1.97. The zero-order chi connectivity index (χ0) is 11.5. The van der Waals surface area contributed by atoms with Crippen LogP contribution in [-0.2, 0) is 11.0 Å². The summed E-state index contributed by atoms with van der Waals surface area (Å²) < 4.78 is 15.4. The van der Waals surface area contributed by atoms with Gasteiger partial charge in [0.05, 0.1) is 0 Å². The van der Waals surface area contributed by atoms with Gasteiger partial charge in [-0.25, -0.2) is 4.57 Å². The molecule has 0 aliphatic heterocycles. The summed E-state index contributed by atoms with van der Waals surface area (Å²) in [5.74, 6) is 0.283. The van der Waals surface area contributed by atoms with Crippen molar-refractivity contribution >= 4 is 7.82 Å². The number of hydrogen-bond acceptors (Lipinski definition) is 2. The molecule has 1 aromatic carbocycles. The Hall–Kier alpha value is -0.830. The highest BCUT2D eigenvalue weighted by Gasteiger charge is 2.18. The first-order chi connectivity index (χ1) is 6.94. The molecule has 2 N–H and O–H groups in total. The molecular formula is C10H15O4P. The molecule has 1 aromatic rings. The van der Waals surface area contributed by atoms with Gasteiger partial charge in [-0.15, -0.1) is 0 Å². The Labute approximate surface area is 89.1 Å². The molecule has 4 nitrogen and oxygen atoms in total. The lowest BCUT2D eigenvalue weighted by Gasteiger charge is -2.13. The normalized spacial score (nSPS) is 11.5. The van der Waals surface area contributed by atoms with Crippen LogP contribution in [0.2, 0.25) is 0 Å². The van der Waals surface area contributed by atoms with E-state index in [1.807, 2.05) is 19.9 Å². The van der Waals surface area contributed by atoms with Crippen LogP contribution >= 0.6 is 7.82 Å². The minimum atomic E-state index is -4.46. The van der Waals surface area contributed by atoms with Crippen LogP contribution in [0.5, 0.6) is 5.75 Å². The summed E-state index contributed by atoms with van der Waals surface area (Å²) in [7, 11) is -4.46. The summed E-state index contributed by atoms with van der Waals surface area (Å²) in [6, 6.07) is 5.20. The molecule has 0 spiro atoms. The predicted octanol–water partition coefficient (Wildman–Crippen LogP) is 2.42. The van der Waals surface area contributed by atoms with E-state index >= 15 is 0 Å². The quantitative estimate of drug-likeness (QED) is 0.779. The van der Waals surface area contributed by atoms with Gasteiger partial charge in [0.15, 0.2) is 0 Å². The van der Waals surface area contributed by atoms with Crippen molar-refractivity contribution in [3.8, 4) is 5.75 Å². The number of aryl methyl sites for hydroxylation is 1. The number of phosphoric acid groups is 1. The second-order valence-electron chi connectivity index (χ2n) is 3.38. The molecule has 0 heterocycles. The third-order valence-corrected chi connectivity index (χ3v) is 2.52. The molecule has 0 aliphatic carbocycles. The zero-order valence-electron chi connectivity index (χ0n) is 8.80. The number of rotatable bonds is 4. The Kier molecular flexibility index (Phi) is 3.91. The molecule has 15 heavy (non-hydrogen) atoms. The van der Waals surface area contributed by atoms with Crippen LogP contribution in [0.3, 0.4) is 0 Å². The first kappa shape index (κ1) is 12.2. The van der Waals surface area contributed by atoms with Crippen LogP contribution in [0.25, 0.3) is 0 Å². The Morgan fingerprint density at radius 3 is 2.60 bits per heavy atom. The van der Waals surface area contributed by atoms with Gasteiger partial charge in [0.1, 0.15) is 5.75 Å². The van der Waals surface area contributed by atoms with Crippen molar-refractivity contribution in [3.63, 3.8) is 0 Å². The second kappa shape index (κ2) is 4.79. The van der Waals surface area contributed by atoms with Gasteiger partial charge in [0.2, 0.25) is 0 Å². The van der Waals surface area contributed by atoms with Crippen LogP contribution in [-0.4, -0.2) is 9.79 Å². The van der Waals surface area contributed by atoms with E-state index in [1.54, 1.807) is 12.1 Å². The van der Waals surface area contributed by atoms with Gasteiger partial charge in [-0.2, -0.15) is 0 Å². The lowest BCUT2D eigenvalue weighted by molar-refractivity contribution is 0.282. The highest BCUT2D eigenvalue weighted by atomic mass is 31.2. The number of hydrogen-bond donors (Lipinski definition) is 2. The Balaban J connectivity index is 3.05. The molecule has 0 unspecified atom stereocenters. The van der Waals surface area contributed by atoms with Crippen molar-refractivity contribution in [2.24, 2.45) is 0 Å². The van der Waals surface area contributed by atoms with E-state index in [0.29, 0.717) is 0 Å². The fourth-order valence-corrected chi connectivity index (χ4v) is 1.89.